The van der Waals surface area contributed by atoms with E-state index in [0.717, 1.165) is 0 Å². The first kappa shape index (κ1) is 13.2. The average Bonchev–Trinajstić information content (AvgIpc) is 3.10. The lowest BCUT2D eigenvalue weighted by Gasteiger charge is -2.11. The number of aromatic amines is 1. The number of aromatic nitrogens is 4. The van der Waals surface area contributed by atoms with Crippen molar-refractivity contribution in [3.63, 3.8) is 0 Å². The maximum Gasteiger partial charge on any atom is 0.275 e. The Bertz CT molecular complexity index is 780. The first-order valence-corrected chi connectivity index (χ1v) is 6.42. The Kier molecular flexibility index (Phi) is 3.33. The van der Waals surface area contributed by atoms with Crippen LogP contribution < -0.4 is 11.1 Å². The van der Waals surface area contributed by atoms with E-state index in [1.165, 1.54) is 6.20 Å². The van der Waals surface area contributed by atoms with Gasteiger partial charge in [0.05, 0.1) is 23.3 Å². The van der Waals surface area contributed by atoms with Gasteiger partial charge in [-0.1, -0.05) is 11.6 Å². The first-order chi connectivity index (χ1) is 10.1. The summed E-state index contributed by atoms with van der Waals surface area (Å²) in [5, 5.41) is 13.7. The highest BCUT2D eigenvalue weighted by molar-refractivity contribution is 6.31. The summed E-state index contributed by atoms with van der Waals surface area (Å²) in [7, 11) is 0. The number of hydrogen-bond donors (Lipinski definition) is 3. The lowest BCUT2D eigenvalue weighted by molar-refractivity contribution is 0.102. The fourth-order valence-corrected chi connectivity index (χ4v) is 2.05. The summed E-state index contributed by atoms with van der Waals surface area (Å²) in [4.78, 5) is 12.2. The zero-order valence-electron chi connectivity index (χ0n) is 10.7. The molecule has 0 spiro atoms. The molecular weight excluding hydrogens is 292 g/mol. The van der Waals surface area contributed by atoms with Crippen molar-refractivity contribution >= 4 is 28.9 Å². The third-order valence-electron chi connectivity index (χ3n) is 2.85. The SMILES string of the molecule is Nc1cn[nH]c1C(=O)Nc1cc(Cl)ccc1-n1cccn1. The molecule has 0 saturated heterocycles. The quantitative estimate of drug-likeness (QED) is 0.689. The molecule has 3 aromatic rings. The molecule has 0 unspecified atom stereocenters. The number of benzene rings is 1. The number of nitrogens with zero attached hydrogens (tertiary/aromatic N) is 3. The Morgan fingerprint density at radius 2 is 2.29 bits per heavy atom. The number of anilines is 2. The van der Waals surface area contributed by atoms with Crippen LogP contribution in [-0.4, -0.2) is 25.9 Å². The molecule has 0 bridgehead atoms. The van der Waals surface area contributed by atoms with Gasteiger partial charge in [0.2, 0.25) is 0 Å². The molecule has 21 heavy (non-hydrogen) atoms. The number of carbonyl (C=O) groups is 1. The summed E-state index contributed by atoms with van der Waals surface area (Å²) in [5.41, 5.74) is 7.34. The van der Waals surface area contributed by atoms with Crippen LogP contribution >= 0.6 is 11.6 Å². The number of nitrogen functional groups attached to an aromatic ring is 1. The van der Waals surface area contributed by atoms with Crippen LogP contribution in [0.3, 0.4) is 0 Å². The van der Waals surface area contributed by atoms with Gasteiger partial charge in [-0.3, -0.25) is 9.89 Å². The van der Waals surface area contributed by atoms with E-state index in [0.29, 0.717) is 16.4 Å². The largest absolute Gasteiger partial charge is 0.396 e. The van der Waals surface area contributed by atoms with Gasteiger partial charge in [0.1, 0.15) is 5.69 Å². The Hall–Kier alpha value is -2.80. The second-order valence-electron chi connectivity index (χ2n) is 4.27. The molecule has 106 valence electrons. The molecule has 0 aliphatic rings. The number of amides is 1. The maximum absolute atomic E-state index is 12.2. The summed E-state index contributed by atoms with van der Waals surface area (Å²) in [6, 6.07) is 6.91. The van der Waals surface area contributed by atoms with Gasteiger partial charge in [-0.25, -0.2) is 4.68 Å². The fourth-order valence-electron chi connectivity index (χ4n) is 1.88. The van der Waals surface area contributed by atoms with Crippen molar-refractivity contribution in [2.24, 2.45) is 0 Å². The van der Waals surface area contributed by atoms with Crippen LogP contribution in [0, 0.1) is 0 Å². The van der Waals surface area contributed by atoms with Crippen molar-refractivity contribution in [2.45, 2.75) is 0 Å². The second-order valence-corrected chi connectivity index (χ2v) is 4.70. The molecule has 4 N–H and O–H groups in total. The molecule has 2 aromatic heterocycles. The number of hydrogen-bond acceptors (Lipinski definition) is 4. The van der Waals surface area contributed by atoms with Crippen molar-refractivity contribution < 1.29 is 4.79 Å². The van der Waals surface area contributed by atoms with E-state index in [1.54, 1.807) is 41.3 Å². The average molecular weight is 303 g/mol. The summed E-state index contributed by atoms with van der Waals surface area (Å²) < 4.78 is 1.63. The summed E-state index contributed by atoms with van der Waals surface area (Å²) in [6.07, 6.45) is 4.79. The molecule has 1 aromatic carbocycles. The van der Waals surface area contributed by atoms with Crippen LogP contribution in [0.4, 0.5) is 11.4 Å². The summed E-state index contributed by atoms with van der Waals surface area (Å²) in [5.74, 6) is -0.402. The zero-order chi connectivity index (χ0) is 14.8. The monoisotopic (exact) mass is 302 g/mol. The van der Waals surface area contributed by atoms with Gasteiger partial charge in [-0.2, -0.15) is 10.2 Å². The molecule has 0 saturated carbocycles. The highest BCUT2D eigenvalue weighted by Gasteiger charge is 2.15. The van der Waals surface area contributed by atoms with E-state index in [1.807, 2.05) is 0 Å². The van der Waals surface area contributed by atoms with Crippen molar-refractivity contribution in [1.29, 1.82) is 0 Å². The van der Waals surface area contributed by atoms with Gasteiger partial charge in [0, 0.05) is 17.4 Å². The van der Waals surface area contributed by atoms with E-state index in [4.69, 9.17) is 17.3 Å². The van der Waals surface area contributed by atoms with Gasteiger partial charge in [0.15, 0.2) is 0 Å². The minimum Gasteiger partial charge on any atom is -0.396 e. The number of carbonyl (C=O) groups excluding carboxylic acids is 1. The van der Waals surface area contributed by atoms with Crippen LogP contribution in [0.15, 0.2) is 42.9 Å². The van der Waals surface area contributed by atoms with Crippen molar-refractivity contribution in [1.82, 2.24) is 20.0 Å². The second kappa shape index (κ2) is 5.29. The van der Waals surface area contributed by atoms with Crippen LogP contribution in [0.25, 0.3) is 5.69 Å². The van der Waals surface area contributed by atoms with Crippen LogP contribution in [-0.2, 0) is 0 Å². The van der Waals surface area contributed by atoms with E-state index < -0.39 is 5.91 Å². The van der Waals surface area contributed by atoms with Gasteiger partial charge in [0.25, 0.3) is 5.91 Å². The maximum atomic E-state index is 12.2. The number of H-pyrrole nitrogens is 1. The Morgan fingerprint density at radius 1 is 1.43 bits per heavy atom. The molecule has 0 atom stereocenters. The molecule has 7 nitrogen and oxygen atoms in total. The van der Waals surface area contributed by atoms with Gasteiger partial charge >= 0.3 is 0 Å². The van der Waals surface area contributed by atoms with E-state index in [-0.39, 0.29) is 11.4 Å². The highest BCUT2D eigenvalue weighted by Crippen LogP contribution is 2.25. The molecule has 0 aliphatic carbocycles. The Balaban J connectivity index is 1.97. The minimum atomic E-state index is -0.402. The van der Waals surface area contributed by atoms with Crippen LogP contribution in [0.2, 0.25) is 5.02 Å². The van der Waals surface area contributed by atoms with E-state index in [2.05, 4.69) is 20.6 Å². The van der Waals surface area contributed by atoms with Crippen LogP contribution in [0.5, 0.6) is 0 Å². The molecule has 8 heteroatoms. The van der Waals surface area contributed by atoms with Gasteiger partial charge in [-0.05, 0) is 24.3 Å². The lowest BCUT2D eigenvalue weighted by Crippen LogP contribution is -2.16. The molecule has 0 fully saturated rings. The number of rotatable bonds is 3. The van der Waals surface area contributed by atoms with Crippen molar-refractivity contribution in [3.05, 3.63) is 53.6 Å². The molecule has 0 aliphatic heterocycles. The summed E-state index contributed by atoms with van der Waals surface area (Å²) >= 11 is 5.99. The smallest absolute Gasteiger partial charge is 0.275 e. The number of nitrogens with one attached hydrogen (secondary N) is 2. The highest BCUT2D eigenvalue weighted by atomic mass is 35.5. The normalized spacial score (nSPS) is 10.5. The van der Waals surface area contributed by atoms with Crippen molar-refractivity contribution in [2.75, 3.05) is 11.1 Å². The summed E-state index contributed by atoms with van der Waals surface area (Å²) in [6.45, 7) is 0. The zero-order valence-corrected chi connectivity index (χ0v) is 11.5. The molecule has 2 heterocycles. The standard InChI is InChI=1S/C13H11ClN6O/c14-8-2-3-11(20-5-1-4-17-20)10(6-8)18-13(21)12-9(15)7-16-19-12/h1-7H,15H2,(H,16,19)(H,18,21). The lowest BCUT2D eigenvalue weighted by atomic mass is 10.2. The third kappa shape index (κ3) is 2.59. The Labute approximate surface area is 124 Å². The Morgan fingerprint density at radius 3 is 2.95 bits per heavy atom. The third-order valence-corrected chi connectivity index (χ3v) is 3.09. The molecule has 0 radical (unpaired) electrons. The predicted octanol–water partition coefficient (Wildman–Crippen LogP) is 2.08. The number of halogens is 1. The molecule has 1 amide bonds. The minimum absolute atomic E-state index is 0.196. The van der Waals surface area contributed by atoms with E-state index in [9.17, 15) is 4.79 Å². The van der Waals surface area contributed by atoms with Gasteiger partial charge < -0.3 is 11.1 Å². The topological polar surface area (TPSA) is 102 Å². The molecular formula is C13H11ClN6O. The number of nitrogens with two attached hydrogens (primary N) is 1. The van der Waals surface area contributed by atoms with Crippen molar-refractivity contribution in [3.8, 4) is 5.69 Å². The predicted molar refractivity (Wildman–Crippen MR) is 79.5 cm³/mol. The first-order valence-electron chi connectivity index (χ1n) is 6.05. The molecule has 3 rings (SSSR count). The van der Waals surface area contributed by atoms with Crippen LogP contribution in [0.1, 0.15) is 10.5 Å². The van der Waals surface area contributed by atoms with Gasteiger partial charge in [-0.15, -0.1) is 0 Å². The van der Waals surface area contributed by atoms with E-state index >= 15 is 0 Å². The fraction of sp³-hybridized carbons (Fsp3) is 0.